The topological polar surface area (TPSA) is 78.4 Å². The van der Waals surface area contributed by atoms with E-state index in [9.17, 15) is 9.59 Å². The van der Waals surface area contributed by atoms with E-state index in [1.54, 1.807) is 19.2 Å². The highest BCUT2D eigenvalue weighted by Crippen LogP contribution is 2.08. The van der Waals surface area contributed by atoms with E-state index in [2.05, 4.69) is 10.6 Å². The molecule has 20 heavy (non-hydrogen) atoms. The van der Waals surface area contributed by atoms with Gasteiger partial charge in [-0.05, 0) is 30.0 Å². The molecule has 0 fully saturated rings. The van der Waals surface area contributed by atoms with E-state index < -0.39 is 12.0 Å². The van der Waals surface area contributed by atoms with E-state index in [0.717, 1.165) is 5.56 Å². The number of hydrogen-bond acceptors (Lipinski definition) is 3. The maximum atomic E-state index is 11.4. The molecule has 1 unspecified atom stereocenters. The molecule has 1 aromatic carbocycles. The Hall–Kier alpha value is -1.88. The normalized spacial score (nSPS) is 12.2. The third-order valence-electron chi connectivity index (χ3n) is 3.00. The first-order valence-electron chi connectivity index (χ1n) is 6.71. The molecular weight excluding hydrogens is 256 g/mol. The highest BCUT2D eigenvalue weighted by atomic mass is 16.4. The summed E-state index contributed by atoms with van der Waals surface area (Å²) in [4.78, 5) is 22.5. The Morgan fingerprint density at radius 1 is 1.20 bits per heavy atom. The first kappa shape index (κ1) is 16.2. The van der Waals surface area contributed by atoms with Crippen molar-refractivity contribution in [3.8, 4) is 0 Å². The number of aliphatic carboxylic acids is 1. The van der Waals surface area contributed by atoms with Gasteiger partial charge in [-0.25, -0.2) is 0 Å². The molecule has 1 aromatic rings. The van der Waals surface area contributed by atoms with Crippen LogP contribution in [0.25, 0.3) is 0 Å². The predicted molar refractivity (Wildman–Crippen MR) is 77.6 cm³/mol. The molecule has 5 heteroatoms. The van der Waals surface area contributed by atoms with E-state index in [1.807, 2.05) is 26.0 Å². The van der Waals surface area contributed by atoms with Gasteiger partial charge < -0.3 is 15.7 Å². The maximum Gasteiger partial charge on any atom is 0.320 e. The first-order valence-corrected chi connectivity index (χ1v) is 6.71. The number of carboxylic acids is 1. The van der Waals surface area contributed by atoms with Crippen LogP contribution in [-0.2, 0) is 11.3 Å². The zero-order chi connectivity index (χ0) is 15.1. The summed E-state index contributed by atoms with van der Waals surface area (Å²) >= 11 is 0. The quantitative estimate of drug-likeness (QED) is 0.708. The molecule has 110 valence electrons. The van der Waals surface area contributed by atoms with E-state index >= 15 is 0 Å². The number of carboxylic acid groups (broad SMARTS) is 1. The largest absolute Gasteiger partial charge is 0.480 e. The number of carbonyl (C=O) groups is 2. The standard InChI is InChI=1S/C15H22N2O3/c1-10(2)8-13(15(19)20)17-9-11-4-6-12(7-5-11)14(18)16-3/h4-7,10,13,17H,8-9H2,1-3H3,(H,16,18)(H,19,20). The smallest absolute Gasteiger partial charge is 0.320 e. The molecule has 1 atom stereocenters. The van der Waals surface area contributed by atoms with Crippen molar-refractivity contribution in [1.82, 2.24) is 10.6 Å². The summed E-state index contributed by atoms with van der Waals surface area (Å²) in [6.45, 7) is 4.46. The van der Waals surface area contributed by atoms with Gasteiger partial charge in [0.05, 0.1) is 0 Å². The molecule has 0 aliphatic carbocycles. The van der Waals surface area contributed by atoms with Crippen LogP contribution in [0.3, 0.4) is 0 Å². The van der Waals surface area contributed by atoms with Crippen LogP contribution in [0.1, 0.15) is 36.2 Å². The molecule has 0 aliphatic heterocycles. The zero-order valence-electron chi connectivity index (χ0n) is 12.1. The van der Waals surface area contributed by atoms with Gasteiger partial charge in [-0.2, -0.15) is 0 Å². The van der Waals surface area contributed by atoms with Crippen LogP contribution < -0.4 is 10.6 Å². The van der Waals surface area contributed by atoms with Gasteiger partial charge in [-0.3, -0.25) is 9.59 Å². The highest BCUT2D eigenvalue weighted by Gasteiger charge is 2.17. The van der Waals surface area contributed by atoms with Crippen LogP contribution in [0.4, 0.5) is 0 Å². The van der Waals surface area contributed by atoms with E-state index in [1.165, 1.54) is 0 Å². The minimum atomic E-state index is -0.833. The van der Waals surface area contributed by atoms with Crippen molar-refractivity contribution in [1.29, 1.82) is 0 Å². The molecule has 0 aliphatic rings. The van der Waals surface area contributed by atoms with Crippen LogP contribution in [0.2, 0.25) is 0 Å². The third kappa shape index (κ3) is 5.01. The third-order valence-corrected chi connectivity index (χ3v) is 3.00. The van der Waals surface area contributed by atoms with Gasteiger partial charge in [0.1, 0.15) is 6.04 Å². The second kappa shape index (κ2) is 7.65. The monoisotopic (exact) mass is 278 g/mol. The van der Waals surface area contributed by atoms with Gasteiger partial charge in [-0.1, -0.05) is 26.0 Å². The van der Waals surface area contributed by atoms with Crippen LogP contribution in [-0.4, -0.2) is 30.1 Å². The van der Waals surface area contributed by atoms with Gasteiger partial charge in [0, 0.05) is 19.2 Å². The molecule has 5 nitrogen and oxygen atoms in total. The van der Waals surface area contributed by atoms with Gasteiger partial charge in [0.15, 0.2) is 0 Å². The molecule has 1 rings (SSSR count). The predicted octanol–water partition coefficient (Wildman–Crippen LogP) is 1.64. The van der Waals surface area contributed by atoms with Gasteiger partial charge in [-0.15, -0.1) is 0 Å². The van der Waals surface area contributed by atoms with Crippen LogP contribution in [0.5, 0.6) is 0 Å². The number of amides is 1. The molecule has 0 spiro atoms. The molecule has 1 amide bonds. The summed E-state index contributed by atoms with van der Waals surface area (Å²) in [5.74, 6) is -0.646. The number of nitrogens with one attached hydrogen (secondary N) is 2. The molecular formula is C15H22N2O3. The molecule has 0 radical (unpaired) electrons. The summed E-state index contributed by atoms with van der Waals surface area (Å²) in [7, 11) is 1.58. The summed E-state index contributed by atoms with van der Waals surface area (Å²) in [6.07, 6.45) is 0.589. The minimum absolute atomic E-state index is 0.132. The van der Waals surface area contributed by atoms with Crippen molar-refractivity contribution in [3.05, 3.63) is 35.4 Å². The molecule has 0 saturated carbocycles. The lowest BCUT2D eigenvalue weighted by molar-refractivity contribution is -0.140. The first-order chi connectivity index (χ1) is 9.43. The Morgan fingerprint density at radius 3 is 2.25 bits per heavy atom. The fourth-order valence-corrected chi connectivity index (χ4v) is 1.90. The summed E-state index contributed by atoms with van der Waals surface area (Å²) < 4.78 is 0. The minimum Gasteiger partial charge on any atom is -0.480 e. The summed E-state index contributed by atoms with van der Waals surface area (Å²) in [6, 6.07) is 6.56. The van der Waals surface area contributed by atoms with Crippen LogP contribution in [0, 0.1) is 5.92 Å². The van der Waals surface area contributed by atoms with E-state index in [-0.39, 0.29) is 5.91 Å². The highest BCUT2D eigenvalue weighted by molar-refractivity contribution is 5.93. The van der Waals surface area contributed by atoms with Crippen LogP contribution in [0.15, 0.2) is 24.3 Å². The van der Waals surface area contributed by atoms with Crippen molar-refractivity contribution in [2.24, 2.45) is 5.92 Å². The number of rotatable bonds is 7. The molecule has 0 aromatic heterocycles. The van der Waals surface area contributed by atoms with Crippen molar-refractivity contribution >= 4 is 11.9 Å². The lowest BCUT2D eigenvalue weighted by Crippen LogP contribution is -2.37. The average Bonchev–Trinajstić information content (AvgIpc) is 2.42. The Balaban J connectivity index is 2.60. The summed E-state index contributed by atoms with van der Waals surface area (Å²) in [5, 5.41) is 14.7. The van der Waals surface area contributed by atoms with E-state index in [0.29, 0.717) is 24.4 Å². The van der Waals surface area contributed by atoms with Gasteiger partial charge in [0.25, 0.3) is 5.91 Å². The second-order valence-electron chi connectivity index (χ2n) is 5.18. The Kier molecular flexibility index (Phi) is 6.18. The molecule has 0 heterocycles. The van der Waals surface area contributed by atoms with Crippen LogP contribution >= 0.6 is 0 Å². The zero-order valence-corrected chi connectivity index (χ0v) is 12.1. The lowest BCUT2D eigenvalue weighted by Gasteiger charge is -2.16. The Bertz CT molecular complexity index is 455. The van der Waals surface area contributed by atoms with Crippen molar-refractivity contribution in [3.63, 3.8) is 0 Å². The van der Waals surface area contributed by atoms with Crippen molar-refractivity contribution in [2.75, 3.05) is 7.05 Å². The van der Waals surface area contributed by atoms with Gasteiger partial charge in [0.2, 0.25) is 0 Å². The lowest BCUT2D eigenvalue weighted by atomic mass is 10.0. The van der Waals surface area contributed by atoms with Crippen molar-refractivity contribution in [2.45, 2.75) is 32.9 Å². The number of benzene rings is 1. The number of hydrogen-bond donors (Lipinski definition) is 3. The SMILES string of the molecule is CNC(=O)c1ccc(CNC(CC(C)C)C(=O)O)cc1. The second-order valence-corrected chi connectivity index (χ2v) is 5.18. The average molecular weight is 278 g/mol. The number of carbonyl (C=O) groups excluding carboxylic acids is 1. The fraction of sp³-hybridized carbons (Fsp3) is 0.467. The molecule has 0 bridgehead atoms. The molecule has 3 N–H and O–H groups in total. The van der Waals surface area contributed by atoms with Gasteiger partial charge >= 0.3 is 5.97 Å². The Morgan fingerprint density at radius 2 is 1.80 bits per heavy atom. The fourth-order valence-electron chi connectivity index (χ4n) is 1.90. The summed E-state index contributed by atoms with van der Waals surface area (Å²) in [5.41, 5.74) is 1.54. The Labute approximate surface area is 119 Å². The van der Waals surface area contributed by atoms with E-state index in [4.69, 9.17) is 5.11 Å². The van der Waals surface area contributed by atoms with Crippen molar-refractivity contribution < 1.29 is 14.7 Å². The molecule has 0 saturated heterocycles. The maximum absolute atomic E-state index is 11.4.